The second kappa shape index (κ2) is 4.12. The highest BCUT2D eigenvalue weighted by molar-refractivity contribution is 5.75. The topological polar surface area (TPSA) is 97.2 Å². The summed E-state index contributed by atoms with van der Waals surface area (Å²) in [6.45, 7) is 0. The average molecular weight is 235 g/mol. The summed E-state index contributed by atoms with van der Waals surface area (Å²) in [6.07, 6.45) is 2.82. The third kappa shape index (κ3) is 1.78. The second-order valence-corrected chi connectivity index (χ2v) is 3.15. The minimum Gasteiger partial charge on any atom is -0.491 e. The first-order chi connectivity index (χ1) is 8.15. The number of nitrogens with zero attached hydrogens (tertiary/aromatic N) is 2. The number of nitrogens with one attached hydrogen (secondary N) is 1. The summed E-state index contributed by atoms with van der Waals surface area (Å²) in [5.41, 5.74) is -0.117. The number of pyridine rings is 1. The van der Waals surface area contributed by atoms with Crippen LogP contribution in [0.15, 0.2) is 29.5 Å². The number of aromatic amines is 1. The molecule has 0 unspecified atom stereocenters. The van der Waals surface area contributed by atoms with Crippen molar-refractivity contribution in [2.75, 3.05) is 7.11 Å². The first kappa shape index (κ1) is 10.9. The van der Waals surface area contributed by atoms with E-state index in [1.165, 1.54) is 31.8 Å². The quantitative estimate of drug-likeness (QED) is 0.801. The highest BCUT2D eigenvalue weighted by atomic mass is 16.5. The van der Waals surface area contributed by atoms with Gasteiger partial charge in [0.2, 0.25) is 5.43 Å². The van der Waals surface area contributed by atoms with Crippen molar-refractivity contribution in [1.82, 2.24) is 14.5 Å². The van der Waals surface area contributed by atoms with Gasteiger partial charge in [0.1, 0.15) is 5.69 Å². The zero-order valence-corrected chi connectivity index (χ0v) is 8.88. The van der Waals surface area contributed by atoms with Crippen LogP contribution in [0.5, 0.6) is 5.75 Å². The lowest BCUT2D eigenvalue weighted by molar-refractivity contribution is 0.196. The molecule has 0 aliphatic rings. The molecule has 0 radical (unpaired) electrons. The van der Waals surface area contributed by atoms with Crippen molar-refractivity contribution in [3.63, 3.8) is 0 Å². The van der Waals surface area contributed by atoms with Crippen LogP contribution >= 0.6 is 0 Å². The summed E-state index contributed by atoms with van der Waals surface area (Å²) in [5, 5.41) is 8.94. The standard InChI is InChI=1S/C10H9N3O4/c1-17-8-6(14)2-3-11-7(8)9-12-4-5-13(9)10(15)16/h2-5H,1H3,(H,11,14)(H,15,16). The molecule has 7 nitrogen and oxygen atoms in total. The lowest BCUT2D eigenvalue weighted by Crippen LogP contribution is -2.12. The van der Waals surface area contributed by atoms with E-state index >= 15 is 0 Å². The molecule has 2 aromatic rings. The molecule has 0 aromatic carbocycles. The van der Waals surface area contributed by atoms with E-state index in [0.29, 0.717) is 0 Å². The summed E-state index contributed by atoms with van der Waals surface area (Å²) in [5.74, 6) is 0.133. The van der Waals surface area contributed by atoms with Gasteiger partial charge in [-0.3, -0.25) is 4.79 Å². The first-order valence-electron chi connectivity index (χ1n) is 4.68. The third-order valence-electron chi connectivity index (χ3n) is 2.19. The van der Waals surface area contributed by atoms with Crippen LogP contribution in [-0.4, -0.2) is 32.8 Å². The summed E-state index contributed by atoms with van der Waals surface area (Å²) >= 11 is 0. The van der Waals surface area contributed by atoms with Crippen molar-refractivity contribution in [2.24, 2.45) is 0 Å². The van der Waals surface area contributed by atoms with Crippen molar-refractivity contribution in [2.45, 2.75) is 0 Å². The highest BCUT2D eigenvalue weighted by Gasteiger charge is 2.17. The lowest BCUT2D eigenvalue weighted by Gasteiger charge is -2.06. The summed E-state index contributed by atoms with van der Waals surface area (Å²) in [4.78, 5) is 29.1. The van der Waals surface area contributed by atoms with Crippen molar-refractivity contribution in [1.29, 1.82) is 0 Å². The molecule has 0 saturated heterocycles. The smallest absolute Gasteiger partial charge is 0.417 e. The molecule has 2 heterocycles. The van der Waals surface area contributed by atoms with Crippen LogP contribution in [0.1, 0.15) is 0 Å². The molecule has 0 saturated carbocycles. The minimum atomic E-state index is -1.19. The summed E-state index contributed by atoms with van der Waals surface area (Å²) in [6, 6.07) is 1.29. The maximum atomic E-state index is 11.5. The molecule has 0 bridgehead atoms. The van der Waals surface area contributed by atoms with Crippen molar-refractivity contribution in [3.8, 4) is 17.3 Å². The van der Waals surface area contributed by atoms with Crippen LogP contribution in [-0.2, 0) is 0 Å². The van der Waals surface area contributed by atoms with Crippen molar-refractivity contribution in [3.05, 3.63) is 34.9 Å². The molecule has 2 aromatic heterocycles. The number of carbonyl (C=O) groups is 1. The van der Waals surface area contributed by atoms with Crippen LogP contribution < -0.4 is 10.2 Å². The Morgan fingerprint density at radius 2 is 2.35 bits per heavy atom. The number of ether oxygens (including phenoxy) is 1. The molecule has 0 fully saturated rings. The largest absolute Gasteiger partial charge is 0.491 e. The van der Waals surface area contributed by atoms with E-state index in [0.717, 1.165) is 4.57 Å². The fourth-order valence-corrected chi connectivity index (χ4v) is 1.48. The number of rotatable bonds is 2. The zero-order valence-electron chi connectivity index (χ0n) is 8.88. The van der Waals surface area contributed by atoms with E-state index in [4.69, 9.17) is 9.84 Å². The molecule has 17 heavy (non-hydrogen) atoms. The molecule has 2 N–H and O–H groups in total. The van der Waals surface area contributed by atoms with E-state index in [9.17, 15) is 9.59 Å². The molecule has 0 amide bonds. The van der Waals surface area contributed by atoms with Gasteiger partial charge in [0.05, 0.1) is 7.11 Å². The predicted molar refractivity (Wildman–Crippen MR) is 58.3 cm³/mol. The predicted octanol–water partition coefficient (Wildman–Crippen LogP) is 0.773. The number of aromatic nitrogens is 3. The molecule has 0 aliphatic carbocycles. The van der Waals surface area contributed by atoms with Gasteiger partial charge in [0, 0.05) is 24.7 Å². The number of hydrogen-bond acceptors (Lipinski definition) is 4. The van der Waals surface area contributed by atoms with Gasteiger partial charge in [-0.15, -0.1) is 0 Å². The third-order valence-corrected chi connectivity index (χ3v) is 2.19. The number of imidazole rings is 1. The number of methoxy groups -OCH3 is 1. The Balaban J connectivity index is 2.69. The van der Waals surface area contributed by atoms with Gasteiger partial charge in [-0.2, -0.15) is 0 Å². The summed E-state index contributed by atoms with van der Waals surface area (Å²) in [7, 11) is 1.34. The fraction of sp³-hybridized carbons (Fsp3) is 0.100. The van der Waals surface area contributed by atoms with Crippen LogP contribution in [0.2, 0.25) is 0 Å². The molecule has 88 valence electrons. The second-order valence-electron chi connectivity index (χ2n) is 3.15. The van der Waals surface area contributed by atoms with Gasteiger partial charge in [0.15, 0.2) is 11.6 Å². The van der Waals surface area contributed by atoms with Crippen LogP contribution in [0, 0.1) is 0 Å². The van der Waals surface area contributed by atoms with Gasteiger partial charge < -0.3 is 14.8 Å². The molecular formula is C10H9N3O4. The van der Waals surface area contributed by atoms with Crippen molar-refractivity contribution >= 4 is 6.09 Å². The maximum absolute atomic E-state index is 11.5. The average Bonchev–Trinajstić information content (AvgIpc) is 2.77. The van der Waals surface area contributed by atoms with Crippen molar-refractivity contribution < 1.29 is 14.6 Å². The summed E-state index contributed by atoms with van der Waals surface area (Å²) < 4.78 is 5.84. The van der Waals surface area contributed by atoms with Crippen LogP contribution in [0.4, 0.5) is 4.79 Å². The Morgan fingerprint density at radius 1 is 1.59 bits per heavy atom. The van der Waals surface area contributed by atoms with Crippen LogP contribution in [0.25, 0.3) is 11.5 Å². The first-order valence-corrected chi connectivity index (χ1v) is 4.68. The molecule has 2 rings (SSSR count). The Kier molecular flexibility index (Phi) is 2.65. The monoisotopic (exact) mass is 235 g/mol. The zero-order chi connectivity index (χ0) is 12.4. The van der Waals surface area contributed by atoms with Crippen LogP contribution in [0.3, 0.4) is 0 Å². The van der Waals surface area contributed by atoms with E-state index in [2.05, 4.69) is 9.97 Å². The van der Waals surface area contributed by atoms with Gasteiger partial charge in [-0.25, -0.2) is 14.3 Å². The Hall–Kier alpha value is -2.57. The van der Waals surface area contributed by atoms with E-state index in [1.807, 2.05) is 0 Å². The Bertz CT molecular complexity index is 614. The van der Waals surface area contributed by atoms with E-state index in [1.54, 1.807) is 0 Å². The molecule has 0 spiro atoms. The SMILES string of the molecule is COc1c(-c2nccn2C(=O)O)[nH]ccc1=O. The molecule has 0 aliphatic heterocycles. The maximum Gasteiger partial charge on any atom is 0.417 e. The van der Waals surface area contributed by atoms with Gasteiger partial charge in [0.25, 0.3) is 0 Å². The normalized spacial score (nSPS) is 10.2. The molecular weight excluding hydrogens is 226 g/mol. The number of H-pyrrole nitrogens is 1. The van der Waals surface area contributed by atoms with Gasteiger partial charge in [-0.05, 0) is 0 Å². The van der Waals surface area contributed by atoms with Gasteiger partial charge >= 0.3 is 6.09 Å². The Labute approximate surface area is 95.3 Å². The highest BCUT2D eigenvalue weighted by Crippen LogP contribution is 2.22. The minimum absolute atomic E-state index is 0.0289. The lowest BCUT2D eigenvalue weighted by atomic mass is 10.3. The Morgan fingerprint density at radius 3 is 3.00 bits per heavy atom. The molecule has 7 heteroatoms. The number of carboxylic acid groups (broad SMARTS) is 1. The molecule has 0 atom stereocenters. The fourth-order valence-electron chi connectivity index (χ4n) is 1.48. The van der Waals surface area contributed by atoms with E-state index in [-0.39, 0.29) is 22.7 Å². The van der Waals surface area contributed by atoms with E-state index < -0.39 is 6.09 Å². The van der Waals surface area contributed by atoms with Gasteiger partial charge in [-0.1, -0.05) is 0 Å². The number of hydrogen-bond donors (Lipinski definition) is 2.